The molecule has 0 spiro atoms. The van der Waals surface area contributed by atoms with Crippen molar-refractivity contribution < 1.29 is 4.42 Å². The maximum absolute atomic E-state index is 9.14. The van der Waals surface area contributed by atoms with E-state index in [4.69, 9.17) is 9.68 Å². The monoisotopic (exact) mass is 299 g/mol. The number of hydrogen-bond donors (Lipinski definition) is 1. The van der Waals surface area contributed by atoms with Gasteiger partial charge >= 0.3 is 0 Å². The fourth-order valence-corrected chi connectivity index (χ4v) is 2.69. The van der Waals surface area contributed by atoms with E-state index in [9.17, 15) is 0 Å². The number of furan rings is 1. The highest BCUT2D eigenvalue weighted by Gasteiger charge is 2.07. The SMILES string of the molecule is N#Cc1cc(NCc2cc3ccccc3o2)c2ccccc2n1. The van der Waals surface area contributed by atoms with Gasteiger partial charge in [0.15, 0.2) is 0 Å². The Hall–Kier alpha value is -3.32. The van der Waals surface area contributed by atoms with Crippen LogP contribution in [0.3, 0.4) is 0 Å². The molecule has 0 unspecified atom stereocenters. The smallest absolute Gasteiger partial charge is 0.143 e. The van der Waals surface area contributed by atoms with Crippen molar-refractivity contribution in [2.45, 2.75) is 6.54 Å². The molecule has 0 aliphatic carbocycles. The average Bonchev–Trinajstić information content (AvgIpc) is 3.02. The minimum atomic E-state index is 0.399. The third kappa shape index (κ3) is 2.49. The third-order valence-corrected chi connectivity index (χ3v) is 3.76. The number of nitrogens with zero attached hydrogens (tertiary/aromatic N) is 2. The number of hydrogen-bond acceptors (Lipinski definition) is 4. The number of benzene rings is 2. The zero-order valence-corrected chi connectivity index (χ0v) is 12.3. The van der Waals surface area contributed by atoms with Crippen LogP contribution in [0.5, 0.6) is 0 Å². The van der Waals surface area contributed by atoms with E-state index in [1.165, 1.54) is 0 Å². The summed E-state index contributed by atoms with van der Waals surface area (Å²) >= 11 is 0. The zero-order chi connectivity index (χ0) is 15.6. The predicted octanol–water partition coefficient (Wildman–Crippen LogP) is 4.46. The summed E-state index contributed by atoms with van der Waals surface area (Å²) in [6, 6.07) is 21.6. The minimum absolute atomic E-state index is 0.399. The number of para-hydroxylation sites is 2. The molecule has 0 saturated heterocycles. The van der Waals surface area contributed by atoms with Gasteiger partial charge in [-0.2, -0.15) is 5.26 Å². The van der Waals surface area contributed by atoms with E-state index < -0.39 is 0 Å². The second-order valence-electron chi connectivity index (χ2n) is 5.29. The zero-order valence-electron chi connectivity index (χ0n) is 12.3. The Labute approximate surface area is 133 Å². The molecule has 0 atom stereocenters. The number of pyridine rings is 1. The molecule has 23 heavy (non-hydrogen) atoms. The fraction of sp³-hybridized carbons (Fsp3) is 0.0526. The maximum Gasteiger partial charge on any atom is 0.143 e. The third-order valence-electron chi connectivity index (χ3n) is 3.76. The molecule has 0 amide bonds. The Morgan fingerprint density at radius 3 is 2.74 bits per heavy atom. The van der Waals surface area contributed by atoms with Crippen molar-refractivity contribution in [3.63, 3.8) is 0 Å². The van der Waals surface area contributed by atoms with E-state index in [-0.39, 0.29) is 0 Å². The van der Waals surface area contributed by atoms with Crippen molar-refractivity contribution >= 4 is 27.6 Å². The van der Waals surface area contributed by atoms with Crippen LogP contribution in [-0.4, -0.2) is 4.98 Å². The highest BCUT2D eigenvalue weighted by atomic mass is 16.3. The molecule has 0 saturated carbocycles. The lowest BCUT2D eigenvalue weighted by atomic mass is 10.1. The Morgan fingerprint density at radius 2 is 1.87 bits per heavy atom. The normalized spacial score (nSPS) is 10.7. The first-order valence-corrected chi connectivity index (χ1v) is 7.35. The van der Waals surface area contributed by atoms with Gasteiger partial charge in [0, 0.05) is 16.5 Å². The van der Waals surface area contributed by atoms with Crippen LogP contribution >= 0.6 is 0 Å². The second kappa shape index (κ2) is 5.47. The van der Waals surface area contributed by atoms with Gasteiger partial charge < -0.3 is 9.73 Å². The Bertz CT molecular complexity index is 1010. The van der Waals surface area contributed by atoms with E-state index in [2.05, 4.69) is 16.4 Å². The van der Waals surface area contributed by atoms with Crippen molar-refractivity contribution in [1.82, 2.24) is 4.98 Å². The molecule has 2 aromatic heterocycles. The average molecular weight is 299 g/mol. The van der Waals surface area contributed by atoms with E-state index in [1.807, 2.05) is 54.6 Å². The van der Waals surface area contributed by atoms with E-state index in [0.717, 1.165) is 33.3 Å². The molecule has 110 valence electrons. The fourth-order valence-electron chi connectivity index (χ4n) is 2.69. The highest BCUT2D eigenvalue weighted by molar-refractivity contribution is 5.91. The van der Waals surface area contributed by atoms with Crippen molar-refractivity contribution in [3.05, 3.63) is 72.1 Å². The van der Waals surface area contributed by atoms with Gasteiger partial charge in [0.25, 0.3) is 0 Å². The minimum Gasteiger partial charge on any atom is -0.459 e. The molecule has 0 radical (unpaired) electrons. The van der Waals surface area contributed by atoms with Crippen LogP contribution in [0.25, 0.3) is 21.9 Å². The lowest BCUT2D eigenvalue weighted by Crippen LogP contribution is -2.00. The van der Waals surface area contributed by atoms with E-state index >= 15 is 0 Å². The predicted molar refractivity (Wildman–Crippen MR) is 90.0 cm³/mol. The van der Waals surface area contributed by atoms with E-state index in [0.29, 0.717) is 12.2 Å². The molecule has 0 fully saturated rings. The van der Waals surface area contributed by atoms with Gasteiger partial charge in [-0.3, -0.25) is 0 Å². The van der Waals surface area contributed by atoms with Crippen LogP contribution in [0.2, 0.25) is 0 Å². The molecule has 4 nitrogen and oxygen atoms in total. The molecule has 0 bridgehead atoms. The first-order chi connectivity index (χ1) is 11.3. The van der Waals surface area contributed by atoms with Gasteiger partial charge in [-0.25, -0.2) is 4.98 Å². The Kier molecular flexibility index (Phi) is 3.17. The molecule has 0 aliphatic heterocycles. The number of nitriles is 1. The largest absolute Gasteiger partial charge is 0.459 e. The van der Waals surface area contributed by atoms with Crippen molar-refractivity contribution in [3.8, 4) is 6.07 Å². The lowest BCUT2D eigenvalue weighted by molar-refractivity contribution is 0.559. The van der Waals surface area contributed by atoms with Gasteiger partial charge in [-0.05, 0) is 24.3 Å². The van der Waals surface area contributed by atoms with Crippen molar-refractivity contribution in [2.24, 2.45) is 0 Å². The van der Waals surface area contributed by atoms with Crippen LogP contribution in [0.15, 0.2) is 65.1 Å². The first kappa shape index (κ1) is 13.4. The summed E-state index contributed by atoms with van der Waals surface area (Å²) in [5.41, 5.74) is 2.96. The quantitative estimate of drug-likeness (QED) is 0.606. The number of nitrogens with one attached hydrogen (secondary N) is 1. The first-order valence-electron chi connectivity index (χ1n) is 7.35. The summed E-state index contributed by atoms with van der Waals surface area (Å²) in [5, 5.41) is 14.6. The van der Waals surface area contributed by atoms with Crippen LogP contribution in [-0.2, 0) is 6.54 Å². The molecular weight excluding hydrogens is 286 g/mol. The summed E-state index contributed by atoms with van der Waals surface area (Å²) < 4.78 is 5.82. The second-order valence-corrected chi connectivity index (χ2v) is 5.29. The van der Waals surface area contributed by atoms with Gasteiger partial charge in [0.1, 0.15) is 23.1 Å². The summed E-state index contributed by atoms with van der Waals surface area (Å²) in [7, 11) is 0. The molecule has 0 aliphatic rings. The molecule has 2 heterocycles. The number of anilines is 1. The van der Waals surface area contributed by atoms with Crippen molar-refractivity contribution in [1.29, 1.82) is 5.26 Å². The lowest BCUT2D eigenvalue weighted by Gasteiger charge is -2.08. The maximum atomic E-state index is 9.14. The number of rotatable bonds is 3. The molecule has 4 aromatic rings. The summed E-state index contributed by atoms with van der Waals surface area (Å²) in [6.45, 7) is 0.549. The molecule has 4 heteroatoms. The van der Waals surface area contributed by atoms with Crippen LogP contribution in [0.4, 0.5) is 5.69 Å². The molecule has 4 rings (SSSR count). The van der Waals surface area contributed by atoms with Gasteiger partial charge in [0.2, 0.25) is 0 Å². The van der Waals surface area contributed by atoms with Gasteiger partial charge in [0.05, 0.1) is 12.1 Å². The van der Waals surface area contributed by atoms with Crippen molar-refractivity contribution in [2.75, 3.05) is 5.32 Å². The number of fused-ring (bicyclic) bond motifs is 2. The molecular formula is C19H13N3O. The van der Waals surface area contributed by atoms with Gasteiger partial charge in [-0.15, -0.1) is 0 Å². The van der Waals surface area contributed by atoms with E-state index in [1.54, 1.807) is 6.07 Å². The molecule has 1 N–H and O–H groups in total. The number of aromatic nitrogens is 1. The molecule has 2 aromatic carbocycles. The highest BCUT2D eigenvalue weighted by Crippen LogP contribution is 2.25. The van der Waals surface area contributed by atoms with Crippen LogP contribution in [0.1, 0.15) is 11.5 Å². The summed E-state index contributed by atoms with van der Waals surface area (Å²) in [5.74, 6) is 0.852. The Balaban J connectivity index is 1.68. The van der Waals surface area contributed by atoms with Crippen LogP contribution < -0.4 is 5.32 Å². The standard InChI is InChI=1S/C19H13N3O/c20-11-14-10-18(16-6-2-3-7-17(16)22-14)21-12-15-9-13-5-1-4-8-19(13)23-15/h1-10H,12H2,(H,21,22). The topological polar surface area (TPSA) is 61.9 Å². The Morgan fingerprint density at radius 1 is 1.04 bits per heavy atom. The van der Waals surface area contributed by atoms with Gasteiger partial charge in [-0.1, -0.05) is 36.4 Å². The summed E-state index contributed by atoms with van der Waals surface area (Å²) in [4.78, 5) is 4.32. The summed E-state index contributed by atoms with van der Waals surface area (Å²) in [6.07, 6.45) is 0. The van der Waals surface area contributed by atoms with Crippen LogP contribution in [0, 0.1) is 11.3 Å².